The average Bonchev–Trinajstić information content (AvgIpc) is 2.93. The molecule has 132 valence electrons. The van der Waals surface area contributed by atoms with E-state index in [1.54, 1.807) is 32.1 Å². The zero-order valence-corrected chi connectivity index (χ0v) is 16.3. The SMILES string of the molecule is CC(C)(C)S(=O)(=O)CCCCCC(=O)Cc1ccc2ccsc2c1. The van der Waals surface area contributed by atoms with E-state index in [1.165, 1.54) is 10.1 Å². The minimum absolute atomic E-state index is 0.208. The number of Topliss-reactive ketones (excluding diaryl/α,β-unsaturated/α-hetero) is 1. The molecule has 1 aromatic heterocycles. The third-order valence-electron chi connectivity index (χ3n) is 4.22. The van der Waals surface area contributed by atoms with E-state index in [1.807, 2.05) is 6.07 Å². The van der Waals surface area contributed by atoms with Gasteiger partial charge in [-0.3, -0.25) is 4.79 Å². The van der Waals surface area contributed by atoms with Crippen LogP contribution in [0.25, 0.3) is 10.1 Å². The number of sulfone groups is 1. The van der Waals surface area contributed by atoms with E-state index in [0.717, 1.165) is 18.4 Å². The maximum absolute atomic E-state index is 12.1. The van der Waals surface area contributed by atoms with Crippen molar-refractivity contribution in [2.75, 3.05) is 5.75 Å². The van der Waals surface area contributed by atoms with E-state index in [0.29, 0.717) is 19.3 Å². The van der Waals surface area contributed by atoms with Crippen molar-refractivity contribution in [1.29, 1.82) is 0 Å². The molecular weight excluding hydrogens is 340 g/mol. The van der Waals surface area contributed by atoms with Crippen LogP contribution < -0.4 is 0 Å². The molecule has 2 aromatic rings. The van der Waals surface area contributed by atoms with Crippen LogP contribution in [0.4, 0.5) is 0 Å². The lowest BCUT2D eigenvalue weighted by Crippen LogP contribution is -2.30. The molecule has 5 heteroatoms. The lowest BCUT2D eigenvalue weighted by Gasteiger charge is -2.18. The molecule has 0 saturated carbocycles. The summed E-state index contributed by atoms with van der Waals surface area (Å²) in [5, 5.41) is 3.28. The van der Waals surface area contributed by atoms with E-state index in [-0.39, 0.29) is 11.5 Å². The summed E-state index contributed by atoms with van der Waals surface area (Å²) in [5.74, 6) is 0.435. The fourth-order valence-corrected chi connectivity index (χ4v) is 4.57. The van der Waals surface area contributed by atoms with Crippen molar-refractivity contribution in [3.05, 3.63) is 35.2 Å². The van der Waals surface area contributed by atoms with Gasteiger partial charge in [0.2, 0.25) is 0 Å². The van der Waals surface area contributed by atoms with Gasteiger partial charge in [0.1, 0.15) is 5.78 Å². The highest BCUT2D eigenvalue weighted by Gasteiger charge is 2.27. The summed E-state index contributed by atoms with van der Waals surface area (Å²) in [4.78, 5) is 12.1. The number of carbonyl (C=O) groups is 1. The highest BCUT2D eigenvalue weighted by Crippen LogP contribution is 2.22. The first-order valence-corrected chi connectivity index (χ1v) is 10.9. The van der Waals surface area contributed by atoms with Gasteiger partial charge < -0.3 is 0 Å². The topological polar surface area (TPSA) is 51.2 Å². The lowest BCUT2D eigenvalue weighted by molar-refractivity contribution is -0.118. The number of hydrogen-bond acceptors (Lipinski definition) is 4. The summed E-state index contributed by atoms with van der Waals surface area (Å²) in [6.45, 7) is 5.20. The minimum atomic E-state index is -3.05. The number of thiophene rings is 1. The molecule has 0 unspecified atom stereocenters. The number of hydrogen-bond donors (Lipinski definition) is 0. The van der Waals surface area contributed by atoms with Crippen molar-refractivity contribution < 1.29 is 13.2 Å². The largest absolute Gasteiger partial charge is 0.299 e. The van der Waals surface area contributed by atoms with Gasteiger partial charge in [-0.05, 0) is 62.1 Å². The summed E-state index contributed by atoms with van der Waals surface area (Å²) in [5.41, 5.74) is 1.06. The Hall–Kier alpha value is -1.20. The van der Waals surface area contributed by atoms with E-state index < -0.39 is 14.6 Å². The second kappa shape index (κ2) is 7.79. The Morgan fingerprint density at radius 3 is 2.54 bits per heavy atom. The van der Waals surface area contributed by atoms with Gasteiger partial charge in [-0.2, -0.15) is 0 Å². The van der Waals surface area contributed by atoms with E-state index in [4.69, 9.17) is 0 Å². The molecule has 0 N–H and O–H groups in total. The molecular formula is C19H26O3S2. The lowest BCUT2D eigenvalue weighted by atomic mass is 10.0. The molecule has 1 heterocycles. The van der Waals surface area contributed by atoms with Crippen LogP contribution in [0, 0.1) is 0 Å². The Morgan fingerprint density at radius 1 is 1.08 bits per heavy atom. The van der Waals surface area contributed by atoms with Gasteiger partial charge in [0.15, 0.2) is 9.84 Å². The Balaban J connectivity index is 1.72. The smallest absolute Gasteiger partial charge is 0.155 e. The van der Waals surface area contributed by atoms with Crippen LogP contribution in [0.5, 0.6) is 0 Å². The first-order chi connectivity index (χ1) is 11.2. The van der Waals surface area contributed by atoms with Crippen molar-refractivity contribution in [3.8, 4) is 0 Å². The molecule has 0 spiro atoms. The molecule has 2 rings (SSSR count). The third kappa shape index (κ3) is 5.15. The van der Waals surface area contributed by atoms with E-state index >= 15 is 0 Å². The first-order valence-electron chi connectivity index (χ1n) is 8.39. The summed E-state index contributed by atoms with van der Waals surface area (Å²) in [6.07, 6.45) is 3.17. The molecule has 0 fully saturated rings. The number of carbonyl (C=O) groups excluding carboxylic acids is 1. The van der Waals surface area contributed by atoms with Crippen molar-refractivity contribution in [2.24, 2.45) is 0 Å². The van der Waals surface area contributed by atoms with Crippen molar-refractivity contribution in [1.82, 2.24) is 0 Å². The third-order valence-corrected chi connectivity index (χ3v) is 7.80. The predicted molar refractivity (Wildman–Crippen MR) is 103 cm³/mol. The van der Waals surface area contributed by atoms with Gasteiger partial charge in [-0.1, -0.05) is 18.6 Å². The van der Waals surface area contributed by atoms with Crippen LogP contribution in [-0.4, -0.2) is 24.7 Å². The molecule has 0 radical (unpaired) electrons. The molecule has 0 atom stereocenters. The van der Waals surface area contributed by atoms with Gasteiger partial charge in [-0.15, -0.1) is 11.3 Å². The maximum atomic E-state index is 12.1. The summed E-state index contributed by atoms with van der Waals surface area (Å²) < 4.78 is 24.5. The fraction of sp³-hybridized carbons (Fsp3) is 0.526. The fourth-order valence-electron chi connectivity index (χ4n) is 2.52. The summed E-state index contributed by atoms with van der Waals surface area (Å²) >= 11 is 1.69. The van der Waals surface area contributed by atoms with Crippen LogP contribution in [0.2, 0.25) is 0 Å². The molecule has 0 saturated heterocycles. The normalized spacial score (nSPS) is 12.6. The number of ketones is 1. The minimum Gasteiger partial charge on any atom is -0.299 e. The number of unbranched alkanes of at least 4 members (excludes halogenated alkanes) is 2. The number of rotatable bonds is 8. The quantitative estimate of drug-likeness (QED) is 0.631. The Morgan fingerprint density at radius 2 is 1.83 bits per heavy atom. The predicted octanol–water partition coefficient (Wildman–Crippen LogP) is 4.79. The zero-order chi connectivity index (χ0) is 17.8. The maximum Gasteiger partial charge on any atom is 0.155 e. The number of fused-ring (bicyclic) bond motifs is 1. The molecule has 0 bridgehead atoms. The average molecular weight is 367 g/mol. The van der Waals surface area contributed by atoms with E-state index in [9.17, 15) is 13.2 Å². The second-order valence-electron chi connectivity index (χ2n) is 7.25. The molecule has 24 heavy (non-hydrogen) atoms. The van der Waals surface area contributed by atoms with Gasteiger partial charge in [0, 0.05) is 17.5 Å². The van der Waals surface area contributed by atoms with Crippen LogP contribution in [-0.2, 0) is 21.1 Å². The van der Waals surface area contributed by atoms with Gasteiger partial charge >= 0.3 is 0 Å². The monoisotopic (exact) mass is 366 g/mol. The van der Waals surface area contributed by atoms with Gasteiger partial charge in [-0.25, -0.2) is 8.42 Å². The molecule has 0 aliphatic carbocycles. The molecule has 0 aliphatic rings. The zero-order valence-electron chi connectivity index (χ0n) is 14.7. The summed E-state index contributed by atoms with van der Waals surface area (Å²) in [7, 11) is -3.05. The van der Waals surface area contributed by atoms with Crippen LogP contribution in [0.3, 0.4) is 0 Å². The molecule has 0 aliphatic heterocycles. The highest BCUT2D eigenvalue weighted by atomic mass is 32.2. The summed E-state index contributed by atoms with van der Waals surface area (Å²) in [6, 6.07) is 8.25. The van der Waals surface area contributed by atoms with Crippen molar-refractivity contribution in [3.63, 3.8) is 0 Å². The van der Waals surface area contributed by atoms with Gasteiger partial charge in [0.05, 0.1) is 10.5 Å². The first kappa shape index (κ1) is 19.1. The van der Waals surface area contributed by atoms with Crippen molar-refractivity contribution >= 4 is 37.0 Å². The standard InChI is InChI=1S/C19H26O3S2/c1-19(2,3)24(21,22)12-6-4-5-7-17(20)13-15-8-9-16-10-11-23-18(16)14-15/h8-11,14H,4-7,12-13H2,1-3H3. The molecule has 1 aromatic carbocycles. The molecule has 3 nitrogen and oxygen atoms in total. The highest BCUT2D eigenvalue weighted by molar-refractivity contribution is 7.92. The Labute approximate surface area is 149 Å². The van der Waals surface area contributed by atoms with Crippen molar-refractivity contribution in [2.45, 2.75) is 57.6 Å². The van der Waals surface area contributed by atoms with Crippen LogP contribution in [0.15, 0.2) is 29.6 Å². The second-order valence-corrected chi connectivity index (χ2v) is 11.1. The Bertz CT molecular complexity index is 795. The van der Waals surface area contributed by atoms with Crippen LogP contribution >= 0.6 is 11.3 Å². The van der Waals surface area contributed by atoms with Gasteiger partial charge in [0.25, 0.3) is 0 Å². The van der Waals surface area contributed by atoms with E-state index in [2.05, 4.69) is 23.6 Å². The molecule has 0 amide bonds. The van der Waals surface area contributed by atoms with Crippen LogP contribution in [0.1, 0.15) is 52.0 Å². The number of benzene rings is 1. The Kier molecular flexibility index (Phi) is 6.21.